The summed E-state index contributed by atoms with van der Waals surface area (Å²) in [5, 5.41) is 3.81. The summed E-state index contributed by atoms with van der Waals surface area (Å²) in [6, 6.07) is 12.8. The fourth-order valence-corrected chi connectivity index (χ4v) is 3.80. The van der Waals surface area contributed by atoms with Crippen LogP contribution in [-0.2, 0) is 0 Å². The van der Waals surface area contributed by atoms with Gasteiger partial charge in [-0.1, -0.05) is 36.4 Å². The number of hydrogen-bond acceptors (Lipinski definition) is 3. The van der Waals surface area contributed by atoms with E-state index in [1.807, 2.05) is 30.3 Å². The maximum Gasteiger partial charge on any atom is 0.275 e. The van der Waals surface area contributed by atoms with Crippen LogP contribution in [-0.4, -0.2) is 19.7 Å². The van der Waals surface area contributed by atoms with E-state index in [9.17, 15) is 9.59 Å². The average Bonchev–Trinajstić information content (AvgIpc) is 3.05. The van der Waals surface area contributed by atoms with Crippen LogP contribution in [0.2, 0.25) is 0 Å². The highest BCUT2D eigenvalue weighted by Crippen LogP contribution is 2.26. The van der Waals surface area contributed by atoms with Gasteiger partial charge in [-0.3, -0.25) is 14.7 Å². The molecule has 4 aromatic rings. The first-order valence-electron chi connectivity index (χ1n) is 9.12. The summed E-state index contributed by atoms with van der Waals surface area (Å²) >= 11 is 0. The van der Waals surface area contributed by atoms with E-state index < -0.39 is 0 Å². The zero-order chi connectivity index (χ0) is 18.4. The third-order valence-electron chi connectivity index (χ3n) is 5.16. The van der Waals surface area contributed by atoms with Gasteiger partial charge in [-0.15, -0.1) is 0 Å². The van der Waals surface area contributed by atoms with Crippen LogP contribution in [0.5, 0.6) is 0 Å². The number of aromatic amines is 2. The quantitative estimate of drug-likeness (QED) is 0.538. The first kappa shape index (κ1) is 15.8. The Morgan fingerprint density at radius 3 is 2.81 bits per heavy atom. The summed E-state index contributed by atoms with van der Waals surface area (Å²) in [5.74, 6) is 0. The van der Waals surface area contributed by atoms with Crippen molar-refractivity contribution in [2.75, 3.05) is 0 Å². The summed E-state index contributed by atoms with van der Waals surface area (Å²) in [6.45, 7) is 0. The molecule has 134 valence electrons. The smallest absolute Gasteiger partial charge is 0.275 e. The van der Waals surface area contributed by atoms with Crippen molar-refractivity contribution in [3.8, 4) is 11.3 Å². The maximum absolute atomic E-state index is 12.9. The zero-order valence-electron chi connectivity index (χ0n) is 14.6. The Morgan fingerprint density at radius 1 is 1.07 bits per heavy atom. The van der Waals surface area contributed by atoms with Gasteiger partial charge in [0.1, 0.15) is 5.69 Å². The Hall–Kier alpha value is -3.41. The lowest BCUT2D eigenvalue weighted by Gasteiger charge is -2.16. The van der Waals surface area contributed by atoms with Crippen LogP contribution < -0.4 is 11.1 Å². The van der Waals surface area contributed by atoms with E-state index in [-0.39, 0.29) is 17.2 Å². The lowest BCUT2D eigenvalue weighted by molar-refractivity contribution is 0.467. The van der Waals surface area contributed by atoms with Gasteiger partial charge in [-0.25, -0.2) is 9.67 Å². The highest BCUT2D eigenvalue weighted by molar-refractivity contribution is 5.93. The summed E-state index contributed by atoms with van der Waals surface area (Å²) in [7, 11) is 0. The predicted octanol–water partition coefficient (Wildman–Crippen LogP) is 3.51. The Balaban J connectivity index is 1.76. The molecule has 0 radical (unpaired) electrons. The molecule has 0 aliphatic heterocycles. The highest BCUT2D eigenvalue weighted by atomic mass is 16.1. The van der Waals surface area contributed by atoms with Crippen molar-refractivity contribution >= 4 is 21.9 Å². The molecule has 0 saturated carbocycles. The molecule has 27 heavy (non-hydrogen) atoms. The normalized spacial score (nSPS) is 17.0. The van der Waals surface area contributed by atoms with Crippen LogP contribution in [0.1, 0.15) is 25.3 Å². The van der Waals surface area contributed by atoms with E-state index in [1.54, 1.807) is 16.8 Å². The molecular formula is C21H18N4O2. The molecule has 2 aromatic heterocycles. The molecule has 2 aromatic carbocycles. The second-order valence-corrected chi connectivity index (χ2v) is 6.87. The monoisotopic (exact) mass is 358 g/mol. The highest BCUT2D eigenvalue weighted by Gasteiger charge is 2.19. The van der Waals surface area contributed by atoms with Crippen LogP contribution in [0.25, 0.3) is 33.2 Å². The Bertz CT molecular complexity index is 1310. The largest absolute Gasteiger partial charge is 0.319 e. The maximum atomic E-state index is 12.9. The number of hydrogen-bond donors (Lipinski definition) is 2. The van der Waals surface area contributed by atoms with Gasteiger partial charge < -0.3 is 4.98 Å². The van der Waals surface area contributed by atoms with E-state index in [2.05, 4.69) is 27.2 Å². The lowest BCUT2D eigenvalue weighted by atomic mass is 10.0. The van der Waals surface area contributed by atoms with Crippen molar-refractivity contribution in [2.45, 2.75) is 25.3 Å². The second-order valence-electron chi connectivity index (χ2n) is 6.87. The first-order chi connectivity index (χ1) is 13.2. The minimum Gasteiger partial charge on any atom is -0.319 e. The number of fused-ring (bicyclic) bond motifs is 2. The van der Waals surface area contributed by atoms with Crippen molar-refractivity contribution < 1.29 is 0 Å². The third kappa shape index (κ3) is 2.52. The fraction of sp³-hybridized carbons (Fsp3) is 0.190. The minimum atomic E-state index is -0.271. The van der Waals surface area contributed by atoms with E-state index in [4.69, 9.17) is 0 Å². The lowest BCUT2D eigenvalue weighted by Crippen LogP contribution is -2.22. The van der Waals surface area contributed by atoms with Gasteiger partial charge in [-0.2, -0.15) is 0 Å². The van der Waals surface area contributed by atoms with E-state index in [0.717, 1.165) is 19.3 Å². The van der Waals surface area contributed by atoms with Crippen LogP contribution >= 0.6 is 0 Å². The standard InChI is InChI=1S/C21H18N4O2/c26-20-19(22-16-11-4-5-12-17(16)23-20)14-9-6-10-15-18(14)24-25(21(15)27)13-7-2-1-3-8-13/h2,4-7,9-13,24H,1,3,8H2,(H,23,26). The van der Waals surface area contributed by atoms with Crippen molar-refractivity contribution in [3.63, 3.8) is 0 Å². The number of rotatable bonds is 2. The molecule has 0 bridgehead atoms. The fourth-order valence-electron chi connectivity index (χ4n) is 3.80. The molecule has 1 atom stereocenters. The van der Waals surface area contributed by atoms with Crippen molar-refractivity contribution in [1.82, 2.24) is 19.7 Å². The minimum absolute atomic E-state index is 0.0225. The van der Waals surface area contributed by atoms with Gasteiger partial charge in [0.2, 0.25) is 0 Å². The van der Waals surface area contributed by atoms with E-state index in [0.29, 0.717) is 33.2 Å². The van der Waals surface area contributed by atoms with Crippen molar-refractivity contribution in [1.29, 1.82) is 0 Å². The molecule has 1 aliphatic rings. The van der Waals surface area contributed by atoms with Crippen molar-refractivity contribution in [2.24, 2.45) is 0 Å². The average molecular weight is 358 g/mol. The molecule has 1 aliphatic carbocycles. The summed E-state index contributed by atoms with van der Waals surface area (Å²) < 4.78 is 1.67. The number of benzene rings is 2. The molecule has 0 spiro atoms. The Kier molecular flexibility index (Phi) is 3.57. The molecule has 5 rings (SSSR count). The molecule has 6 nitrogen and oxygen atoms in total. The topological polar surface area (TPSA) is 83.5 Å². The number of nitrogens with zero attached hydrogens (tertiary/aromatic N) is 2. The van der Waals surface area contributed by atoms with Gasteiger partial charge >= 0.3 is 0 Å². The van der Waals surface area contributed by atoms with Gasteiger partial charge in [-0.05, 0) is 37.5 Å². The van der Waals surface area contributed by atoms with Crippen LogP contribution in [0.15, 0.2) is 64.2 Å². The van der Waals surface area contributed by atoms with Gasteiger partial charge in [0, 0.05) is 5.56 Å². The first-order valence-corrected chi connectivity index (χ1v) is 9.12. The van der Waals surface area contributed by atoms with Crippen molar-refractivity contribution in [3.05, 3.63) is 75.3 Å². The SMILES string of the molecule is O=c1[nH]c2ccccc2nc1-c1cccc2c(=O)n(C3C=CCCC3)[nH]c12. The second kappa shape index (κ2) is 6.09. The number of aromatic nitrogens is 4. The molecule has 0 amide bonds. The number of nitrogens with one attached hydrogen (secondary N) is 2. The molecule has 6 heteroatoms. The summed E-state index contributed by atoms with van der Waals surface area (Å²) in [4.78, 5) is 33.0. The molecule has 2 heterocycles. The molecular weight excluding hydrogens is 340 g/mol. The Labute approximate surface area is 154 Å². The number of para-hydroxylation sites is 3. The van der Waals surface area contributed by atoms with Gasteiger partial charge in [0.25, 0.3) is 11.1 Å². The van der Waals surface area contributed by atoms with Crippen LogP contribution in [0, 0.1) is 0 Å². The molecule has 1 unspecified atom stereocenters. The van der Waals surface area contributed by atoms with E-state index in [1.165, 1.54) is 0 Å². The number of H-pyrrole nitrogens is 2. The number of allylic oxidation sites excluding steroid dienone is 2. The molecule has 2 N–H and O–H groups in total. The third-order valence-corrected chi connectivity index (χ3v) is 5.16. The Morgan fingerprint density at radius 2 is 1.96 bits per heavy atom. The molecule has 0 saturated heterocycles. The zero-order valence-corrected chi connectivity index (χ0v) is 14.6. The van der Waals surface area contributed by atoms with E-state index >= 15 is 0 Å². The van der Waals surface area contributed by atoms with Crippen LogP contribution in [0.4, 0.5) is 0 Å². The molecule has 0 fully saturated rings. The van der Waals surface area contributed by atoms with Crippen LogP contribution in [0.3, 0.4) is 0 Å². The predicted molar refractivity (Wildman–Crippen MR) is 106 cm³/mol. The summed E-state index contributed by atoms with van der Waals surface area (Å²) in [6.07, 6.45) is 7.21. The summed E-state index contributed by atoms with van der Waals surface area (Å²) in [5.41, 5.74) is 2.66. The van der Waals surface area contributed by atoms with Gasteiger partial charge in [0.15, 0.2) is 0 Å². The van der Waals surface area contributed by atoms with Gasteiger partial charge in [0.05, 0.1) is 28.0 Å².